The Morgan fingerprint density at radius 2 is 2.10 bits per heavy atom. The van der Waals surface area contributed by atoms with Gasteiger partial charge in [0.1, 0.15) is 0 Å². The van der Waals surface area contributed by atoms with E-state index in [9.17, 15) is 22.8 Å². The maximum Gasteiger partial charge on any atom is 0.416 e. The smallest absolute Gasteiger partial charge is 0.364 e. The van der Waals surface area contributed by atoms with E-state index in [0.717, 1.165) is 12.0 Å². The molecule has 0 saturated heterocycles. The summed E-state index contributed by atoms with van der Waals surface area (Å²) >= 11 is 0. The molecule has 1 N–H and O–H groups in total. The highest BCUT2D eigenvalue weighted by molar-refractivity contribution is 6.04. The number of anilines is 1. The van der Waals surface area contributed by atoms with E-state index >= 15 is 0 Å². The number of aryl methyl sites for hydroxylation is 1. The molecule has 1 aliphatic carbocycles. The van der Waals surface area contributed by atoms with Crippen molar-refractivity contribution in [1.82, 2.24) is 4.90 Å². The summed E-state index contributed by atoms with van der Waals surface area (Å²) < 4.78 is 47.8. The average Bonchev–Trinajstić information content (AvgIpc) is 2.84. The van der Waals surface area contributed by atoms with Gasteiger partial charge in [-0.25, -0.2) is 0 Å². The summed E-state index contributed by atoms with van der Waals surface area (Å²) in [6.45, 7) is 2.69. The number of halogens is 3. The van der Waals surface area contributed by atoms with Gasteiger partial charge in [-0.1, -0.05) is 23.8 Å². The molecule has 1 aromatic rings. The van der Waals surface area contributed by atoms with Crippen LogP contribution in [0.15, 0.2) is 53.7 Å². The Bertz CT molecular complexity index is 1030. The molecule has 2 unspecified atom stereocenters. The van der Waals surface area contributed by atoms with Crippen molar-refractivity contribution < 1.29 is 24.1 Å². The Balaban J connectivity index is 1.52. The molecule has 0 spiro atoms. The predicted octanol–water partition coefficient (Wildman–Crippen LogP) is 4.63. The van der Waals surface area contributed by atoms with Crippen LogP contribution in [-0.2, 0) is 15.8 Å². The maximum atomic E-state index is 13.3. The van der Waals surface area contributed by atoms with Crippen LogP contribution in [0.5, 0.6) is 0 Å². The molecular formula is C23H23F3N2O2. The first-order valence-corrected chi connectivity index (χ1v) is 10.00. The van der Waals surface area contributed by atoms with Gasteiger partial charge in [-0.15, -0.1) is 0 Å². The minimum atomic E-state index is -4.67. The van der Waals surface area contributed by atoms with E-state index in [1.54, 1.807) is 12.2 Å². The molecular weight excluding hydrogens is 393 g/mol. The van der Waals surface area contributed by atoms with Crippen LogP contribution in [0.2, 0.25) is 0 Å². The van der Waals surface area contributed by atoms with Crippen molar-refractivity contribution in [2.24, 2.45) is 11.8 Å². The van der Waals surface area contributed by atoms with Crippen molar-refractivity contribution >= 4 is 17.4 Å². The van der Waals surface area contributed by atoms with Gasteiger partial charge < -0.3 is 10.2 Å². The first-order valence-electron chi connectivity index (χ1n) is 10.5. The largest absolute Gasteiger partial charge is 0.416 e. The molecule has 0 radical (unpaired) electrons. The zero-order valence-corrected chi connectivity index (χ0v) is 16.6. The van der Waals surface area contributed by atoms with Gasteiger partial charge in [0.2, 0.25) is 11.7 Å². The van der Waals surface area contributed by atoms with Crippen LogP contribution in [-0.4, -0.2) is 29.7 Å². The van der Waals surface area contributed by atoms with E-state index in [1.165, 1.54) is 19.1 Å². The number of nitrogens with zero attached hydrogens (tertiary/aromatic N) is 1. The lowest BCUT2D eigenvalue weighted by Gasteiger charge is -2.33. The van der Waals surface area contributed by atoms with E-state index in [-0.39, 0.29) is 23.0 Å². The van der Waals surface area contributed by atoms with E-state index in [2.05, 4.69) is 5.32 Å². The monoisotopic (exact) mass is 417 g/mol. The highest BCUT2D eigenvalue weighted by atomic mass is 19.4. The van der Waals surface area contributed by atoms with Crippen molar-refractivity contribution in [3.05, 3.63) is 64.9 Å². The van der Waals surface area contributed by atoms with Gasteiger partial charge >= 0.3 is 6.18 Å². The second-order valence-corrected chi connectivity index (χ2v) is 8.06. The van der Waals surface area contributed by atoms with Crippen molar-refractivity contribution in [1.29, 1.82) is 0 Å². The number of amides is 1. The SMILES string of the molecule is [2H]c1c(NC(=O)C2CCC3CN4CC=CC=C4C(=O)C=C3C2)ccc(C)c1C(F)(F)F. The van der Waals surface area contributed by atoms with Gasteiger partial charge in [-0.3, -0.25) is 9.59 Å². The molecule has 4 nitrogen and oxygen atoms in total. The van der Waals surface area contributed by atoms with Gasteiger partial charge in [0.25, 0.3) is 0 Å². The molecule has 1 amide bonds. The molecule has 1 fully saturated rings. The fourth-order valence-corrected chi connectivity index (χ4v) is 4.39. The summed E-state index contributed by atoms with van der Waals surface area (Å²) in [7, 11) is 0. The molecule has 1 aromatic carbocycles. The Kier molecular flexibility index (Phi) is 4.97. The molecule has 2 aliphatic heterocycles. The minimum Gasteiger partial charge on any atom is -0.364 e. The lowest BCUT2D eigenvalue weighted by molar-refractivity contribution is -0.138. The lowest BCUT2D eigenvalue weighted by Crippen LogP contribution is -2.34. The molecule has 2 atom stereocenters. The van der Waals surface area contributed by atoms with E-state index in [1.807, 2.05) is 17.1 Å². The van der Waals surface area contributed by atoms with E-state index in [4.69, 9.17) is 1.37 Å². The molecule has 7 heteroatoms. The second-order valence-electron chi connectivity index (χ2n) is 8.06. The summed E-state index contributed by atoms with van der Waals surface area (Å²) in [6, 6.07) is 1.87. The van der Waals surface area contributed by atoms with Crippen LogP contribution in [0.25, 0.3) is 0 Å². The number of hydrogen-bond acceptors (Lipinski definition) is 3. The van der Waals surface area contributed by atoms with Crippen molar-refractivity contribution in [2.75, 3.05) is 18.4 Å². The van der Waals surface area contributed by atoms with Crippen molar-refractivity contribution in [3.8, 4) is 0 Å². The summed E-state index contributed by atoms with van der Waals surface area (Å²) in [6.07, 6.45) is 4.31. The van der Waals surface area contributed by atoms with Crippen molar-refractivity contribution in [2.45, 2.75) is 32.4 Å². The first kappa shape index (κ1) is 19.2. The van der Waals surface area contributed by atoms with Crippen LogP contribution in [0.4, 0.5) is 18.9 Å². The first-order chi connectivity index (χ1) is 14.6. The zero-order valence-electron chi connectivity index (χ0n) is 17.6. The second kappa shape index (κ2) is 7.78. The van der Waals surface area contributed by atoms with Gasteiger partial charge in [-0.2, -0.15) is 13.2 Å². The quantitative estimate of drug-likeness (QED) is 0.763. The number of ketones is 1. The van der Waals surface area contributed by atoms with Crippen LogP contribution in [0, 0.1) is 18.8 Å². The minimum absolute atomic E-state index is 0.0570. The van der Waals surface area contributed by atoms with Gasteiger partial charge in [0, 0.05) is 24.7 Å². The molecule has 2 heterocycles. The van der Waals surface area contributed by atoms with Gasteiger partial charge in [0.15, 0.2) is 0 Å². The number of nitrogens with one attached hydrogen (secondary N) is 1. The summed E-state index contributed by atoms with van der Waals surface area (Å²) in [4.78, 5) is 27.5. The third-order valence-electron chi connectivity index (χ3n) is 6.00. The Labute approximate surface area is 174 Å². The molecule has 0 aromatic heterocycles. The molecule has 4 rings (SSSR count). The Morgan fingerprint density at radius 3 is 2.87 bits per heavy atom. The summed E-state index contributed by atoms with van der Waals surface area (Å²) in [5.74, 6) is -0.772. The number of allylic oxidation sites excluding steroid dienone is 3. The number of fused-ring (bicyclic) bond motifs is 2. The fourth-order valence-electron chi connectivity index (χ4n) is 4.39. The van der Waals surface area contributed by atoms with Gasteiger partial charge in [0.05, 0.1) is 12.6 Å². The number of carbonyl (C=O) groups excluding carboxylic acids is 2. The molecule has 30 heavy (non-hydrogen) atoms. The van der Waals surface area contributed by atoms with Crippen LogP contribution < -0.4 is 5.32 Å². The van der Waals surface area contributed by atoms with Crippen molar-refractivity contribution in [3.63, 3.8) is 0 Å². The maximum absolute atomic E-state index is 13.3. The summed E-state index contributed by atoms with van der Waals surface area (Å²) in [5.41, 5.74) is 0.327. The third-order valence-corrected chi connectivity index (χ3v) is 6.00. The lowest BCUT2D eigenvalue weighted by atomic mass is 9.77. The van der Waals surface area contributed by atoms with E-state index < -0.39 is 29.6 Å². The zero-order chi connectivity index (χ0) is 22.3. The Hall–Kier alpha value is -2.83. The van der Waals surface area contributed by atoms with Crippen LogP contribution in [0.1, 0.15) is 31.8 Å². The third kappa shape index (κ3) is 4.06. The number of rotatable bonds is 2. The standard InChI is InChI=1S/C23H23F3N2O2/c1-14-5-8-18(12-19(14)23(24,25)26)27-22(30)15-6-7-16-13-28-9-3-2-4-20(28)21(29)11-17(16)10-15/h2-5,8,11-12,15-16H,6-7,9-10,13H2,1H3,(H,27,30)/i12D. The highest BCUT2D eigenvalue weighted by Gasteiger charge is 2.35. The topological polar surface area (TPSA) is 49.4 Å². The van der Waals surface area contributed by atoms with Gasteiger partial charge in [-0.05, 0) is 61.9 Å². The molecule has 1 saturated carbocycles. The number of benzene rings is 1. The number of hydrogen-bond donors (Lipinski definition) is 1. The molecule has 3 aliphatic rings. The Morgan fingerprint density at radius 1 is 1.30 bits per heavy atom. The summed E-state index contributed by atoms with van der Waals surface area (Å²) in [5, 5.41) is 2.52. The van der Waals surface area contributed by atoms with Crippen LogP contribution in [0.3, 0.4) is 0 Å². The van der Waals surface area contributed by atoms with Crippen LogP contribution >= 0.6 is 0 Å². The normalized spacial score (nSPS) is 24.2. The average molecular weight is 417 g/mol. The number of carbonyl (C=O) groups is 2. The molecule has 158 valence electrons. The van der Waals surface area contributed by atoms with E-state index in [0.29, 0.717) is 31.6 Å². The predicted molar refractivity (Wildman–Crippen MR) is 108 cm³/mol. The fraction of sp³-hybridized carbons (Fsp3) is 0.391. The number of alkyl halides is 3. The highest BCUT2D eigenvalue weighted by Crippen LogP contribution is 2.38. The molecule has 0 bridgehead atoms.